The van der Waals surface area contributed by atoms with E-state index in [1.165, 1.54) is 4.90 Å². The van der Waals surface area contributed by atoms with Crippen molar-refractivity contribution in [1.29, 1.82) is 0 Å². The summed E-state index contributed by atoms with van der Waals surface area (Å²) in [5, 5.41) is 9.73. The van der Waals surface area contributed by atoms with E-state index in [1.54, 1.807) is 0 Å². The average molecular weight is 301 g/mol. The topological polar surface area (TPSA) is 43.8 Å². The molecule has 1 aromatic rings. The van der Waals surface area contributed by atoms with Crippen LogP contribution in [0.15, 0.2) is 34.3 Å². The van der Waals surface area contributed by atoms with Crippen LogP contribution < -0.4 is 4.90 Å². The minimum Gasteiger partial charge on any atom is -0.378 e. The molecule has 0 saturated heterocycles. The lowest BCUT2D eigenvalue weighted by Gasteiger charge is -2.22. The zero-order valence-electron chi connectivity index (χ0n) is 10.6. The Morgan fingerprint density at radius 3 is 2.58 bits per heavy atom. The zero-order chi connectivity index (χ0) is 14.2. The zero-order valence-corrected chi connectivity index (χ0v) is 12.1. The van der Waals surface area contributed by atoms with E-state index in [0.29, 0.717) is 0 Å². The first-order valence-electron chi connectivity index (χ1n) is 5.72. The summed E-state index contributed by atoms with van der Waals surface area (Å²) in [6.45, 7) is 0.258. The summed E-state index contributed by atoms with van der Waals surface area (Å²) in [5.74, 6) is -0.450. The van der Waals surface area contributed by atoms with Gasteiger partial charge in [-0.15, -0.1) is 0 Å². The Bertz CT molecular complexity index is 543. The van der Waals surface area contributed by atoms with Gasteiger partial charge in [-0.3, -0.25) is 4.79 Å². The molecular formula is C13H14Cl2N2O2. The van der Waals surface area contributed by atoms with Gasteiger partial charge in [-0.1, -0.05) is 35.3 Å². The van der Waals surface area contributed by atoms with Crippen LogP contribution in [0.25, 0.3) is 0 Å². The molecule has 0 fully saturated rings. The van der Waals surface area contributed by atoms with Crippen LogP contribution in [-0.4, -0.2) is 36.2 Å². The Morgan fingerprint density at radius 2 is 2.05 bits per heavy atom. The number of rotatable bonds is 3. The van der Waals surface area contributed by atoms with Gasteiger partial charge in [0.15, 0.2) is 6.23 Å². The average Bonchev–Trinajstić information content (AvgIpc) is 2.57. The Kier molecular flexibility index (Phi) is 4.04. The molecule has 1 unspecified atom stereocenters. The predicted octanol–water partition coefficient (Wildman–Crippen LogP) is 2.10. The van der Waals surface area contributed by atoms with Crippen LogP contribution in [0.3, 0.4) is 0 Å². The maximum absolute atomic E-state index is 11.8. The highest BCUT2D eigenvalue weighted by Gasteiger charge is 2.36. The highest BCUT2D eigenvalue weighted by atomic mass is 35.5. The van der Waals surface area contributed by atoms with Crippen molar-refractivity contribution in [2.75, 3.05) is 19.0 Å². The summed E-state index contributed by atoms with van der Waals surface area (Å²) in [4.78, 5) is 15.0. The number of hydrogen-bond donors (Lipinski definition) is 1. The maximum Gasteiger partial charge on any atom is 0.269 e. The summed E-state index contributed by atoms with van der Waals surface area (Å²) in [7, 11) is 3.87. The predicted molar refractivity (Wildman–Crippen MR) is 76.1 cm³/mol. The lowest BCUT2D eigenvalue weighted by molar-refractivity contribution is -0.132. The van der Waals surface area contributed by atoms with E-state index in [1.807, 2.05) is 43.3 Å². The highest BCUT2D eigenvalue weighted by Crippen LogP contribution is 2.31. The fourth-order valence-corrected chi connectivity index (χ4v) is 2.28. The summed E-state index contributed by atoms with van der Waals surface area (Å²) < 4.78 is 0. The number of hydrogen-bond acceptors (Lipinski definition) is 3. The van der Waals surface area contributed by atoms with Gasteiger partial charge in [0, 0.05) is 26.3 Å². The standard InChI is InChI=1S/C13H14Cl2N2O2/c1-16(2)9-5-3-4-8(6-9)7-17-12(18)10(14)11(15)13(17)19/h3-6,12,18H,7H2,1-2H3. The van der Waals surface area contributed by atoms with E-state index in [2.05, 4.69) is 0 Å². The van der Waals surface area contributed by atoms with Crippen molar-refractivity contribution in [2.24, 2.45) is 0 Å². The van der Waals surface area contributed by atoms with Gasteiger partial charge in [0.1, 0.15) is 5.03 Å². The number of aliphatic hydroxyl groups is 1. The van der Waals surface area contributed by atoms with Gasteiger partial charge in [0.05, 0.1) is 5.03 Å². The van der Waals surface area contributed by atoms with Crippen LogP contribution in [0.5, 0.6) is 0 Å². The summed E-state index contributed by atoms with van der Waals surface area (Å²) in [6, 6.07) is 7.69. The molecule has 0 spiro atoms. The lowest BCUT2D eigenvalue weighted by atomic mass is 10.2. The molecule has 0 aliphatic carbocycles. The Hall–Kier alpha value is -1.23. The molecule has 102 valence electrons. The molecule has 1 amide bonds. The van der Waals surface area contributed by atoms with E-state index in [0.717, 1.165) is 11.3 Å². The van der Waals surface area contributed by atoms with Crippen molar-refractivity contribution >= 4 is 34.8 Å². The summed E-state index contributed by atoms with van der Waals surface area (Å²) in [6.07, 6.45) is -1.16. The molecule has 0 saturated carbocycles. The van der Waals surface area contributed by atoms with E-state index in [-0.39, 0.29) is 16.6 Å². The molecule has 19 heavy (non-hydrogen) atoms. The molecule has 0 radical (unpaired) electrons. The largest absolute Gasteiger partial charge is 0.378 e. The maximum atomic E-state index is 11.8. The fourth-order valence-electron chi connectivity index (χ4n) is 1.88. The van der Waals surface area contributed by atoms with E-state index < -0.39 is 12.1 Å². The molecule has 1 aliphatic rings. The number of carbonyl (C=O) groups excluding carboxylic acids is 1. The number of benzene rings is 1. The second kappa shape index (κ2) is 5.41. The smallest absolute Gasteiger partial charge is 0.269 e. The molecule has 2 rings (SSSR count). The van der Waals surface area contributed by atoms with Crippen molar-refractivity contribution in [3.63, 3.8) is 0 Å². The van der Waals surface area contributed by atoms with E-state index in [9.17, 15) is 9.90 Å². The third-order valence-corrected chi connectivity index (χ3v) is 3.81. The van der Waals surface area contributed by atoms with Crippen molar-refractivity contribution in [1.82, 2.24) is 4.90 Å². The molecular weight excluding hydrogens is 287 g/mol. The van der Waals surface area contributed by atoms with E-state index >= 15 is 0 Å². The first-order chi connectivity index (χ1) is 8.91. The SMILES string of the molecule is CN(C)c1cccc(CN2C(=O)C(Cl)=C(Cl)C2O)c1. The van der Waals surface area contributed by atoms with Crippen molar-refractivity contribution in [2.45, 2.75) is 12.8 Å². The third-order valence-electron chi connectivity index (χ3n) is 2.96. The number of nitrogens with zero attached hydrogens (tertiary/aromatic N) is 2. The number of amides is 1. The van der Waals surface area contributed by atoms with Crippen LogP contribution in [0.2, 0.25) is 0 Å². The van der Waals surface area contributed by atoms with Crippen molar-refractivity contribution in [3.8, 4) is 0 Å². The Morgan fingerprint density at radius 1 is 1.37 bits per heavy atom. The summed E-state index contributed by atoms with van der Waals surface area (Å²) in [5.41, 5.74) is 1.92. The van der Waals surface area contributed by atoms with Gasteiger partial charge in [0.25, 0.3) is 5.91 Å². The molecule has 0 aromatic heterocycles. The molecule has 1 heterocycles. The molecule has 1 N–H and O–H groups in total. The van der Waals surface area contributed by atoms with E-state index in [4.69, 9.17) is 23.2 Å². The van der Waals surface area contributed by atoms with Gasteiger partial charge in [-0.05, 0) is 17.7 Å². The number of carbonyl (C=O) groups is 1. The second-order valence-electron chi connectivity index (χ2n) is 4.53. The van der Waals surface area contributed by atoms with Crippen LogP contribution in [0.1, 0.15) is 5.56 Å². The van der Waals surface area contributed by atoms with Gasteiger partial charge in [-0.25, -0.2) is 0 Å². The Labute approximate surface area is 121 Å². The monoisotopic (exact) mass is 300 g/mol. The molecule has 1 aromatic carbocycles. The van der Waals surface area contributed by atoms with Crippen LogP contribution >= 0.6 is 23.2 Å². The fraction of sp³-hybridized carbons (Fsp3) is 0.308. The van der Waals surface area contributed by atoms with Gasteiger partial charge in [-0.2, -0.15) is 0 Å². The molecule has 6 heteroatoms. The quantitative estimate of drug-likeness (QED) is 0.930. The molecule has 4 nitrogen and oxygen atoms in total. The van der Waals surface area contributed by atoms with Crippen LogP contribution in [0, 0.1) is 0 Å². The number of anilines is 1. The minimum atomic E-state index is -1.16. The molecule has 1 aliphatic heterocycles. The minimum absolute atomic E-state index is 0.0181. The summed E-state index contributed by atoms with van der Waals surface area (Å²) >= 11 is 11.5. The van der Waals surface area contributed by atoms with Crippen LogP contribution in [-0.2, 0) is 11.3 Å². The molecule has 0 bridgehead atoms. The number of aliphatic hydroxyl groups excluding tert-OH is 1. The van der Waals surface area contributed by atoms with Gasteiger partial charge in [0.2, 0.25) is 0 Å². The first-order valence-corrected chi connectivity index (χ1v) is 6.48. The van der Waals surface area contributed by atoms with Crippen LogP contribution in [0.4, 0.5) is 5.69 Å². The Balaban J connectivity index is 2.19. The second-order valence-corrected chi connectivity index (χ2v) is 5.32. The first kappa shape index (κ1) is 14.2. The van der Waals surface area contributed by atoms with Crippen molar-refractivity contribution in [3.05, 3.63) is 39.9 Å². The third kappa shape index (κ3) is 2.71. The molecule has 1 atom stereocenters. The van der Waals surface area contributed by atoms with Gasteiger partial charge < -0.3 is 14.9 Å². The highest BCUT2D eigenvalue weighted by molar-refractivity contribution is 6.49. The lowest BCUT2D eigenvalue weighted by Crippen LogP contribution is -2.34. The van der Waals surface area contributed by atoms with Gasteiger partial charge >= 0.3 is 0 Å². The normalized spacial score (nSPS) is 19.3. The number of halogens is 2. The van der Waals surface area contributed by atoms with Crippen molar-refractivity contribution < 1.29 is 9.90 Å².